The third-order valence-electron chi connectivity index (χ3n) is 4.52. The van der Waals surface area contributed by atoms with Crippen LogP contribution in [0.25, 0.3) is 11.1 Å². The molecule has 0 fully saturated rings. The summed E-state index contributed by atoms with van der Waals surface area (Å²) in [5.74, 6) is 0.446. The van der Waals surface area contributed by atoms with Crippen molar-refractivity contribution >= 4 is 11.7 Å². The molecule has 27 heavy (non-hydrogen) atoms. The topological polar surface area (TPSA) is 54.0 Å². The number of carbonyl (C=O) groups excluding carboxylic acids is 1. The van der Waals surface area contributed by atoms with Gasteiger partial charge in [0.15, 0.2) is 0 Å². The summed E-state index contributed by atoms with van der Waals surface area (Å²) in [4.78, 5) is 15.4. The molecule has 2 N–H and O–H groups in total. The predicted molar refractivity (Wildman–Crippen MR) is 110 cm³/mol. The number of nitrogens with zero attached hydrogens (tertiary/aromatic N) is 1. The number of amides is 1. The van der Waals surface area contributed by atoms with E-state index in [0.717, 1.165) is 17.7 Å². The first-order valence-electron chi connectivity index (χ1n) is 9.14. The maximum Gasteiger partial charge on any atom is 0.222 e. The molecule has 4 heteroatoms. The highest BCUT2D eigenvalue weighted by molar-refractivity contribution is 5.87. The zero-order valence-electron chi connectivity index (χ0n) is 16.0. The third kappa shape index (κ3) is 5.25. The number of nitrogens with one attached hydrogen (secondary N) is 2. The molecule has 2 aromatic carbocycles. The summed E-state index contributed by atoms with van der Waals surface area (Å²) < 4.78 is 0. The minimum atomic E-state index is -0.119. The molecule has 0 aliphatic carbocycles. The summed E-state index contributed by atoms with van der Waals surface area (Å²) in [6.07, 6.45) is 1.78. The van der Waals surface area contributed by atoms with Gasteiger partial charge in [-0.25, -0.2) is 4.98 Å². The fourth-order valence-corrected chi connectivity index (χ4v) is 2.92. The van der Waals surface area contributed by atoms with Gasteiger partial charge in [-0.15, -0.1) is 0 Å². The molecule has 3 aromatic rings. The highest BCUT2D eigenvalue weighted by Gasteiger charge is 2.06. The number of rotatable bonds is 6. The monoisotopic (exact) mass is 359 g/mol. The van der Waals surface area contributed by atoms with Crippen LogP contribution in [-0.4, -0.2) is 10.9 Å². The summed E-state index contributed by atoms with van der Waals surface area (Å²) in [6.45, 7) is 6.55. The Bertz CT molecular complexity index is 902. The van der Waals surface area contributed by atoms with Crippen LogP contribution in [0.15, 0.2) is 66.9 Å². The van der Waals surface area contributed by atoms with Crippen molar-refractivity contribution in [3.63, 3.8) is 0 Å². The average molecular weight is 359 g/mol. The Morgan fingerprint density at radius 1 is 1.04 bits per heavy atom. The number of aromatic nitrogens is 1. The van der Waals surface area contributed by atoms with Crippen LogP contribution in [0.4, 0.5) is 5.82 Å². The summed E-state index contributed by atoms with van der Waals surface area (Å²) >= 11 is 0. The van der Waals surface area contributed by atoms with Crippen molar-refractivity contribution in [1.82, 2.24) is 10.3 Å². The first-order valence-corrected chi connectivity index (χ1v) is 9.14. The normalized spacial score (nSPS) is 11.8. The number of benzene rings is 2. The number of pyridine rings is 1. The highest BCUT2D eigenvalue weighted by atomic mass is 16.1. The van der Waals surface area contributed by atoms with Gasteiger partial charge < -0.3 is 10.6 Å². The van der Waals surface area contributed by atoms with Gasteiger partial charge in [-0.05, 0) is 48.7 Å². The van der Waals surface area contributed by atoms with Crippen LogP contribution in [0, 0.1) is 6.92 Å². The standard InChI is InChI=1S/C23H25N3O/c1-16-7-9-20(10-8-16)17(2)24-14-19-5-4-6-21(13-19)22-11-12-23(25-15-22)26-18(3)27/h4-13,15,17,24H,14H2,1-3H3,(H,25,26,27). The zero-order valence-corrected chi connectivity index (χ0v) is 16.0. The van der Waals surface area contributed by atoms with E-state index in [1.165, 1.54) is 23.6 Å². The van der Waals surface area contributed by atoms with Crippen LogP contribution in [0.2, 0.25) is 0 Å². The SMILES string of the molecule is CC(=O)Nc1ccc(-c2cccc(CNC(C)c3ccc(C)cc3)c2)cn1. The number of hydrogen-bond donors (Lipinski definition) is 2. The van der Waals surface area contributed by atoms with Crippen LogP contribution in [0.5, 0.6) is 0 Å². The second-order valence-corrected chi connectivity index (χ2v) is 6.83. The lowest BCUT2D eigenvalue weighted by Gasteiger charge is -2.15. The fraction of sp³-hybridized carbons (Fsp3) is 0.217. The molecule has 3 rings (SSSR count). The second kappa shape index (κ2) is 8.60. The smallest absolute Gasteiger partial charge is 0.222 e. The van der Waals surface area contributed by atoms with Gasteiger partial charge in [-0.2, -0.15) is 0 Å². The van der Waals surface area contributed by atoms with E-state index in [0.29, 0.717) is 5.82 Å². The van der Waals surface area contributed by atoms with Crippen molar-refractivity contribution in [3.8, 4) is 11.1 Å². The summed E-state index contributed by atoms with van der Waals surface area (Å²) in [7, 11) is 0. The molecule has 0 aliphatic heterocycles. The molecule has 0 saturated carbocycles. The molecular weight excluding hydrogens is 334 g/mol. The number of aryl methyl sites for hydroxylation is 1. The van der Waals surface area contributed by atoms with Crippen LogP contribution < -0.4 is 10.6 Å². The van der Waals surface area contributed by atoms with E-state index in [2.05, 4.69) is 78.0 Å². The number of carbonyl (C=O) groups is 1. The lowest BCUT2D eigenvalue weighted by atomic mass is 10.0. The average Bonchev–Trinajstić information content (AvgIpc) is 2.67. The number of hydrogen-bond acceptors (Lipinski definition) is 3. The van der Waals surface area contributed by atoms with E-state index in [4.69, 9.17) is 0 Å². The van der Waals surface area contributed by atoms with Gasteiger partial charge in [0.2, 0.25) is 5.91 Å². The quantitative estimate of drug-likeness (QED) is 0.660. The largest absolute Gasteiger partial charge is 0.311 e. The lowest BCUT2D eigenvalue weighted by Crippen LogP contribution is -2.18. The Labute approximate surface area is 160 Å². The molecule has 4 nitrogen and oxygen atoms in total. The Balaban J connectivity index is 1.66. The van der Waals surface area contributed by atoms with Crippen LogP contribution in [-0.2, 0) is 11.3 Å². The second-order valence-electron chi connectivity index (χ2n) is 6.83. The van der Waals surface area contributed by atoms with Gasteiger partial charge in [-0.3, -0.25) is 4.79 Å². The summed E-state index contributed by atoms with van der Waals surface area (Å²) in [6, 6.07) is 21.1. The molecule has 0 bridgehead atoms. The molecule has 0 aliphatic rings. The highest BCUT2D eigenvalue weighted by Crippen LogP contribution is 2.21. The Morgan fingerprint density at radius 3 is 2.48 bits per heavy atom. The molecule has 1 amide bonds. The Morgan fingerprint density at radius 2 is 1.81 bits per heavy atom. The molecule has 1 atom stereocenters. The van der Waals surface area contributed by atoms with Gasteiger partial charge >= 0.3 is 0 Å². The van der Waals surface area contributed by atoms with Crippen molar-refractivity contribution in [2.45, 2.75) is 33.4 Å². The summed E-state index contributed by atoms with van der Waals surface area (Å²) in [5.41, 5.74) is 5.92. The molecular formula is C23H25N3O. The van der Waals surface area contributed by atoms with E-state index in [-0.39, 0.29) is 11.9 Å². The molecule has 138 valence electrons. The Hall–Kier alpha value is -2.98. The van der Waals surface area contributed by atoms with Gasteiger partial charge in [0.25, 0.3) is 0 Å². The predicted octanol–water partition coefficient (Wildman–Crippen LogP) is 4.87. The van der Waals surface area contributed by atoms with Gasteiger partial charge in [-0.1, -0.05) is 48.0 Å². The summed E-state index contributed by atoms with van der Waals surface area (Å²) in [5, 5.41) is 6.27. The fourth-order valence-electron chi connectivity index (χ4n) is 2.92. The van der Waals surface area contributed by atoms with Crippen molar-refractivity contribution in [1.29, 1.82) is 0 Å². The van der Waals surface area contributed by atoms with E-state index < -0.39 is 0 Å². The maximum absolute atomic E-state index is 11.1. The third-order valence-corrected chi connectivity index (χ3v) is 4.52. The lowest BCUT2D eigenvalue weighted by molar-refractivity contribution is -0.114. The van der Waals surface area contributed by atoms with Crippen molar-refractivity contribution in [3.05, 3.63) is 83.6 Å². The van der Waals surface area contributed by atoms with Gasteiger partial charge in [0, 0.05) is 31.3 Å². The van der Waals surface area contributed by atoms with Crippen molar-refractivity contribution in [2.75, 3.05) is 5.32 Å². The minimum Gasteiger partial charge on any atom is -0.311 e. The van der Waals surface area contributed by atoms with Gasteiger partial charge in [0.05, 0.1) is 0 Å². The molecule has 1 heterocycles. The first kappa shape index (κ1) is 18.8. The van der Waals surface area contributed by atoms with Crippen molar-refractivity contribution < 1.29 is 4.79 Å². The zero-order chi connectivity index (χ0) is 19.2. The van der Waals surface area contributed by atoms with Gasteiger partial charge in [0.1, 0.15) is 5.82 Å². The maximum atomic E-state index is 11.1. The molecule has 0 radical (unpaired) electrons. The Kier molecular flexibility index (Phi) is 5.99. The first-order chi connectivity index (χ1) is 13.0. The molecule has 0 spiro atoms. The molecule has 0 saturated heterocycles. The van der Waals surface area contributed by atoms with E-state index in [1.54, 1.807) is 6.20 Å². The van der Waals surface area contributed by atoms with E-state index in [1.807, 2.05) is 12.1 Å². The van der Waals surface area contributed by atoms with Crippen molar-refractivity contribution in [2.24, 2.45) is 0 Å². The van der Waals surface area contributed by atoms with Crippen LogP contribution in [0.1, 0.15) is 36.6 Å². The number of anilines is 1. The molecule has 1 unspecified atom stereocenters. The van der Waals surface area contributed by atoms with E-state index in [9.17, 15) is 4.79 Å². The minimum absolute atomic E-state index is 0.119. The molecule has 1 aromatic heterocycles. The van der Waals surface area contributed by atoms with E-state index >= 15 is 0 Å². The van der Waals surface area contributed by atoms with Crippen LogP contribution >= 0.6 is 0 Å². The van der Waals surface area contributed by atoms with Crippen LogP contribution in [0.3, 0.4) is 0 Å².